The van der Waals surface area contributed by atoms with Crippen LogP contribution in [0.25, 0.3) is 28.2 Å². The van der Waals surface area contributed by atoms with Crippen molar-refractivity contribution >= 4 is 21.5 Å². The van der Waals surface area contributed by atoms with E-state index in [1.807, 2.05) is 10.5 Å². The maximum absolute atomic E-state index is 12.4. The highest BCUT2D eigenvalue weighted by Crippen LogP contribution is 2.26. The smallest absolute Gasteiger partial charge is 0.300 e. The molecule has 1 aromatic carbocycles. The molecule has 0 radical (unpaired) electrons. The summed E-state index contributed by atoms with van der Waals surface area (Å²) in [5.74, 6) is -0.483. The lowest BCUT2D eigenvalue weighted by Crippen LogP contribution is -2.31. The monoisotopic (exact) mass is 547 g/mol. The standard InChI is InChI=1S/C25H24F3N5O4S/c1-38(36,37)30-10-12-33-24(35)6-5-21(31-33)18-8-11-32-22(16-29-23(32)15-18)19-4-2-3-17(13-19)14-20(34)7-9-25(26,27)28/h2-6,8,11,13,15-16,30H,7,9-10,12,14H2,1H3. The Morgan fingerprint density at radius 2 is 1.87 bits per heavy atom. The van der Waals surface area contributed by atoms with Gasteiger partial charge in [0.1, 0.15) is 11.4 Å². The second kappa shape index (κ2) is 10.9. The van der Waals surface area contributed by atoms with Crippen LogP contribution in [0, 0.1) is 0 Å². The second-order valence-corrected chi connectivity index (χ2v) is 10.6. The summed E-state index contributed by atoms with van der Waals surface area (Å²) in [5.41, 5.74) is 3.47. The van der Waals surface area contributed by atoms with Gasteiger partial charge in [-0.15, -0.1) is 0 Å². The molecule has 0 amide bonds. The quantitative estimate of drug-likeness (QED) is 0.326. The first-order valence-corrected chi connectivity index (χ1v) is 13.5. The molecule has 0 aliphatic rings. The molecule has 0 saturated carbocycles. The Hall–Kier alpha value is -3.84. The van der Waals surface area contributed by atoms with E-state index in [0.29, 0.717) is 22.5 Å². The van der Waals surface area contributed by atoms with Crippen molar-refractivity contribution in [2.45, 2.75) is 32.0 Å². The molecule has 0 saturated heterocycles. The Kier molecular flexibility index (Phi) is 7.78. The minimum absolute atomic E-state index is 0.0187. The van der Waals surface area contributed by atoms with Crippen molar-refractivity contribution in [1.29, 1.82) is 0 Å². The van der Waals surface area contributed by atoms with Crippen LogP contribution in [0.3, 0.4) is 0 Å². The molecule has 3 aromatic heterocycles. The van der Waals surface area contributed by atoms with Crippen molar-refractivity contribution in [3.63, 3.8) is 0 Å². The summed E-state index contributed by atoms with van der Waals surface area (Å²) >= 11 is 0. The molecule has 0 fully saturated rings. The van der Waals surface area contributed by atoms with Gasteiger partial charge >= 0.3 is 6.18 Å². The third-order valence-electron chi connectivity index (χ3n) is 5.67. The van der Waals surface area contributed by atoms with Crippen LogP contribution in [0.5, 0.6) is 0 Å². The zero-order valence-electron chi connectivity index (χ0n) is 20.3. The van der Waals surface area contributed by atoms with E-state index in [1.54, 1.807) is 48.8 Å². The number of benzene rings is 1. The van der Waals surface area contributed by atoms with Gasteiger partial charge in [0, 0.05) is 42.8 Å². The number of aromatic nitrogens is 4. The van der Waals surface area contributed by atoms with Crippen LogP contribution in [0.4, 0.5) is 13.2 Å². The van der Waals surface area contributed by atoms with Gasteiger partial charge in [0.2, 0.25) is 10.0 Å². The summed E-state index contributed by atoms with van der Waals surface area (Å²) in [7, 11) is -3.39. The van der Waals surface area contributed by atoms with Gasteiger partial charge in [-0.25, -0.2) is 22.8 Å². The molecule has 0 aliphatic carbocycles. The molecular formula is C25H24F3N5O4S. The number of halogens is 3. The van der Waals surface area contributed by atoms with Crippen molar-refractivity contribution in [2.75, 3.05) is 12.8 Å². The van der Waals surface area contributed by atoms with Crippen LogP contribution in [0.1, 0.15) is 18.4 Å². The van der Waals surface area contributed by atoms with E-state index in [2.05, 4.69) is 14.8 Å². The van der Waals surface area contributed by atoms with E-state index in [4.69, 9.17) is 0 Å². The average Bonchev–Trinajstić information content (AvgIpc) is 3.26. The van der Waals surface area contributed by atoms with Crippen LogP contribution in [0.2, 0.25) is 0 Å². The van der Waals surface area contributed by atoms with E-state index in [9.17, 15) is 31.2 Å². The molecule has 13 heteroatoms. The number of nitrogens with one attached hydrogen (secondary N) is 1. The number of ketones is 1. The first kappa shape index (κ1) is 27.2. The Morgan fingerprint density at radius 1 is 1.08 bits per heavy atom. The van der Waals surface area contributed by atoms with Crippen LogP contribution < -0.4 is 10.3 Å². The molecule has 0 bridgehead atoms. The van der Waals surface area contributed by atoms with Gasteiger partial charge in [0.15, 0.2) is 0 Å². The van der Waals surface area contributed by atoms with Crippen LogP contribution in [0.15, 0.2) is 65.7 Å². The molecule has 0 spiro atoms. The number of Topliss-reactive ketones (excluding diaryl/α,β-unsaturated/α-hetero) is 1. The molecule has 200 valence electrons. The number of carbonyl (C=O) groups is 1. The number of hydrogen-bond acceptors (Lipinski definition) is 6. The fourth-order valence-electron chi connectivity index (χ4n) is 3.89. The van der Waals surface area contributed by atoms with Crippen LogP contribution in [-0.2, 0) is 27.8 Å². The lowest BCUT2D eigenvalue weighted by molar-refractivity contribution is -0.143. The predicted molar refractivity (Wildman–Crippen MR) is 135 cm³/mol. The molecular weight excluding hydrogens is 523 g/mol. The van der Waals surface area contributed by atoms with Crippen molar-refractivity contribution in [3.8, 4) is 22.5 Å². The molecule has 4 aromatic rings. The van der Waals surface area contributed by atoms with E-state index in [1.165, 1.54) is 10.7 Å². The first-order valence-electron chi connectivity index (χ1n) is 11.6. The van der Waals surface area contributed by atoms with Gasteiger partial charge in [-0.2, -0.15) is 18.3 Å². The number of rotatable bonds is 10. The maximum atomic E-state index is 12.4. The summed E-state index contributed by atoms with van der Waals surface area (Å²) in [6.45, 7) is 0.0788. The molecule has 4 rings (SSSR count). The molecule has 38 heavy (non-hydrogen) atoms. The van der Waals surface area contributed by atoms with Crippen molar-refractivity contribution in [1.82, 2.24) is 23.9 Å². The van der Waals surface area contributed by atoms with Gasteiger partial charge in [0.25, 0.3) is 5.56 Å². The number of hydrogen-bond donors (Lipinski definition) is 1. The van der Waals surface area contributed by atoms with E-state index >= 15 is 0 Å². The highest BCUT2D eigenvalue weighted by atomic mass is 32.2. The number of carbonyl (C=O) groups excluding carboxylic acids is 1. The topological polar surface area (TPSA) is 115 Å². The third-order valence-corrected chi connectivity index (χ3v) is 6.40. The summed E-state index contributed by atoms with van der Waals surface area (Å²) in [6, 6.07) is 13.5. The van der Waals surface area contributed by atoms with E-state index in [-0.39, 0.29) is 25.1 Å². The van der Waals surface area contributed by atoms with Gasteiger partial charge < -0.3 is 0 Å². The van der Waals surface area contributed by atoms with Gasteiger partial charge in [-0.05, 0) is 29.8 Å². The normalized spacial score (nSPS) is 12.2. The van der Waals surface area contributed by atoms with Crippen LogP contribution in [-0.4, -0.2) is 52.3 Å². The largest absolute Gasteiger partial charge is 0.389 e. The van der Waals surface area contributed by atoms with Gasteiger partial charge in [-0.3, -0.25) is 14.0 Å². The van der Waals surface area contributed by atoms with E-state index in [0.717, 1.165) is 17.5 Å². The third kappa shape index (κ3) is 7.13. The Labute approximate surface area is 216 Å². The number of alkyl halides is 3. The molecule has 9 nitrogen and oxygen atoms in total. The number of nitrogens with zero attached hydrogens (tertiary/aromatic N) is 4. The number of fused-ring (bicyclic) bond motifs is 1. The zero-order valence-corrected chi connectivity index (χ0v) is 21.1. The van der Waals surface area contributed by atoms with Crippen LogP contribution >= 0.6 is 0 Å². The number of sulfonamides is 1. The lowest BCUT2D eigenvalue weighted by atomic mass is 10.0. The summed E-state index contributed by atoms with van der Waals surface area (Å²) < 4.78 is 65.1. The second-order valence-electron chi connectivity index (χ2n) is 8.76. The summed E-state index contributed by atoms with van der Waals surface area (Å²) in [4.78, 5) is 28.6. The van der Waals surface area contributed by atoms with Gasteiger partial charge in [0.05, 0.1) is 36.8 Å². The average molecular weight is 548 g/mol. The summed E-state index contributed by atoms with van der Waals surface area (Å²) in [6.07, 6.45) is -1.69. The zero-order chi connectivity index (χ0) is 27.5. The lowest BCUT2D eigenvalue weighted by Gasteiger charge is -2.09. The Bertz CT molecular complexity index is 1640. The molecule has 1 N–H and O–H groups in total. The van der Waals surface area contributed by atoms with Crippen molar-refractivity contribution in [3.05, 3.63) is 76.8 Å². The van der Waals surface area contributed by atoms with Gasteiger partial charge in [-0.1, -0.05) is 18.2 Å². The summed E-state index contributed by atoms with van der Waals surface area (Å²) in [5, 5.41) is 4.33. The number of imidazole rings is 1. The van der Waals surface area contributed by atoms with E-state index < -0.39 is 34.8 Å². The highest BCUT2D eigenvalue weighted by molar-refractivity contribution is 7.88. The maximum Gasteiger partial charge on any atom is 0.389 e. The predicted octanol–water partition coefficient (Wildman–Crippen LogP) is 3.23. The van der Waals surface area contributed by atoms with Crippen molar-refractivity contribution < 1.29 is 26.4 Å². The fourth-order valence-corrected chi connectivity index (χ4v) is 4.35. The van der Waals surface area contributed by atoms with Crippen molar-refractivity contribution in [2.24, 2.45) is 0 Å². The molecule has 0 aliphatic heterocycles. The fraction of sp³-hybridized carbons (Fsp3) is 0.280. The highest BCUT2D eigenvalue weighted by Gasteiger charge is 2.27. The molecule has 3 heterocycles. The first-order chi connectivity index (χ1) is 17.9. The molecule has 0 atom stereocenters. The Balaban J connectivity index is 1.54. The SMILES string of the molecule is CS(=O)(=O)NCCn1nc(-c2ccn3c(-c4cccc(CC(=O)CCC(F)(F)F)c4)cnc3c2)ccc1=O. The minimum Gasteiger partial charge on any atom is -0.300 e. The molecule has 0 unspecified atom stereocenters. The Morgan fingerprint density at radius 3 is 2.61 bits per heavy atom. The minimum atomic E-state index is -4.37. The number of pyridine rings is 1.